The topological polar surface area (TPSA) is 56.0 Å². The molecule has 0 atom stereocenters. The standard InChI is InChI=1S/C17H15F2N3O2/c1-2-21-13-8-3-4-9-14(13)22(17(21)24)10-15(23)20-16-11(18)6-5-7-12(16)19/h3-9H,2,10H2,1H3,(H,20,23). The van der Waals surface area contributed by atoms with E-state index in [-0.39, 0.29) is 12.2 Å². The first-order valence-electron chi connectivity index (χ1n) is 7.45. The summed E-state index contributed by atoms with van der Waals surface area (Å²) in [7, 11) is 0. The Kier molecular flexibility index (Phi) is 4.16. The van der Waals surface area contributed by atoms with Crippen LogP contribution in [0.4, 0.5) is 14.5 Å². The fourth-order valence-corrected chi connectivity index (χ4v) is 2.67. The van der Waals surface area contributed by atoms with E-state index < -0.39 is 23.2 Å². The number of para-hydroxylation sites is 3. The van der Waals surface area contributed by atoms with Gasteiger partial charge < -0.3 is 5.32 Å². The van der Waals surface area contributed by atoms with Crippen LogP contribution in [0.3, 0.4) is 0 Å². The normalized spacial score (nSPS) is 11.0. The van der Waals surface area contributed by atoms with Crippen LogP contribution in [0.5, 0.6) is 0 Å². The number of aromatic nitrogens is 2. The number of nitrogens with one attached hydrogen (secondary N) is 1. The highest BCUT2D eigenvalue weighted by atomic mass is 19.1. The van der Waals surface area contributed by atoms with Gasteiger partial charge in [-0.05, 0) is 31.2 Å². The number of benzene rings is 2. The number of fused-ring (bicyclic) bond motifs is 1. The predicted octanol–water partition coefficient (Wildman–Crippen LogP) is 2.74. The first-order valence-corrected chi connectivity index (χ1v) is 7.45. The molecule has 3 rings (SSSR count). The second-order valence-corrected chi connectivity index (χ2v) is 5.25. The van der Waals surface area contributed by atoms with Crippen LogP contribution >= 0.6 is 0 Å². The van der Waals surface area contributed by atoms with Crippen LogP contribution in [-0.2, 0) is 17.9 Å². The fraction of sp³-hybridized carbons (Fsp3) is 0.176. The van der Waals surface area contributed by atoms with Crippen molar-refractivity contribution in [3.63, 3.8) is 0 Å². The smallest absolute Gasteiger partial charge is 0.320 e. The van der Waals surface area contributed by atoms with Gasteiger partial charge in [-0.2, -0.15) is 0 Å². The maximum Gasteiger partial charge on any atom is 0.329 e. The maximum absolute atomic E-state index is 13.6. The molecule has 1 aromatic heterocycles. The zero-order valence-corrected chi connectivity index (χ0v) is 12.9. The lowest BCUT2D eigenvalue weighted by atomic mass is 10.3. The van der Waals surface area contributed by atoms with E-state index in [4.69, 9.17) is 0 Å². The Morgan fingerprint density at radius 3 is 2.17 bits per heavy atom. The van der Waals surface area contributed by atoms with Crippen LogP contribution in [0.15, 0.2) is 47.3 Å². The number of halogens is 2. The number of rotatable bonds is 4. The van der Waals surface area contributed by atoms with Crippen LogP contribution in [0, 0.1) is 11.6 Å². The molecule has 2 aromatic carbocycles. The van der Waals surface area contributed by atoms with Crippen LogP contribution in [-0.4, -0.2) is 15.0 Å². The summed E-state index contributed by atoms with van der Waals surface area (Å²) < 4.78 is 30.0. The highest BCUT2D eigenvalue weighted by molar-refractivity contribution is 5.91. The zero-order valence-electron chi connectivity index (χ0n) is 12.9. The van der Waals surface area contributed by atoms with E-state index in [1.807, 2.05) is 6.92 Å². The maximum atomic E-state index is 13.6. The molecule has 7 heteroatoms. The van der Waals surface area contributed by atoms with Gasteiger partial charge in [-0.3, -0.25) is 13.9 Å². The molecule has 0 radical (unpaired) electrons. The Bertz CT molecular complexity index is 955. The molecule has 0 spiro atoms. The summed E-state index contributed by atoms with van der Waals surface area (Å²) in [5.41, 5.74) is 0.431. The van der Waals surface area contributed by atoms with Crippen LogP contribution in [0.2, 0.25) is 0 Å². The number of carbonyl (C=O) groups is 1. The zero-order chi connectivity index (χ0) is 17.3. The Morgan fingerprint density at radius 2 is 1.58 bits per heavy atom. The van der Waals surface area contributed by atoms with Crippen molar-refractivity contribution in [1.29, 1.82) is 0 Å². The highest BCUT2D eigenvalue weighted by Crippen LogP contribution is 2.18. The molecule has 0 aliphatic carbocycles. The number of amides is 1. The van der Waals surface area contributed by atoms with E-state index in [1.54, 1.807) is 24.3 Å². The molecule has 5 nitrogen and oxygen atoms in total. The highest BCUT2D eigenvalue weighted by Gasteiger charge is 2.16. The molecule has 1 heterocycles. The summed E-state index contributed by atoms with van der Waals surface area (Å²) in [5, 5.41) is 2.19. The molecular formula is C17H15F2N3O2. The van der Waals surface area contributed by atoms with Crippen molar-refractivity contribution in [1.82, 2.24) is 9.13 Å². The molecule has 3 aromatic rings. The van der Waals surface area contributed by atoms with Gasteiger partial charge in [0.25, 0.3) is 0 Å². The van der Waals surface area contributed by atoms with Gasteiger partial charge in [0.15, 0.2) is 0 Å². The van der Waals surface area contributed by atoms with Gasteiger partial charge in [0.2, 0.25) is 5.91 Å². The van der Waals surface area contributed by atoms with Gasteiger partial charge in [-0.15, -0.1) is 0 Å². The first kappa shape index (κ1) is 15.9. The van der Waals surface area contributed by atoms with E-state index >= 15 is 0 Å². The summed E-state index contributed by atoms with van der Waals surface area (Å²) >= 11 is 0. The van der Waals surface area contributed by atoms with Gasteiger partial charge in [0.05, 0.1) is 11.0 Å². The van der Waals surface area contributed by atoms with Gasteiger partial charge >= 0.3 is 5.69 Å². The van der Waals surface area contributed by atoms with E-state index in [0.29, 0.717) is 17.6 Å². The first-order chi connectivity index (χ1) is 11.5. The van der Waals surface area contributed by atoms with Crippen molar-refractivity contribution in [2.45, 2.75) is 20.0 Å². The number of hydrogen-bond acceptors (Lipinski definition) is 2. The second kappa shape index (κ2) is 6.27. The predicted molar refractivity (Wildman–Crippen MR) is 86.9 cm³/mol. The minimum atomic E-state index is -0.869. The molecular weight excluding hydrogens is 316 g/mol. The number of hydrogen-bond donors (Lipinski definition) is 1. The molecule has 0 aliphatic heterocycles. The van der Waals surface area contributed by atoms with Crippen molar-refractivity contribution in [3.05, 3.63) is 64.6 Å². The fourth-order valence-electron chi connectivity index (χ4n) is 2.67. The Labute approximate surface area is 136 Å². The SMILES string of the molecule is CCn1c(=O)n(CC(=O)Nc2c(F)cccc2F)c2ccccc21. The molecule has 0 bridgehead atoms. The van der Waals surface area contributed by atoms with Crippen LogP contribution < -0.4 is 11.0 Å². The number of aryl methyl sites for hydroxylation is 1. The van der Waals surface area contributed by atoms with Crippen molar-refractivity contribution in [3.8, 4) is 0 Å². The number of imidazole rings is 1. The minimum Gasteiger partial charge on any atom is -0.320 e. The average molecular weight is 331 g/mol. The Balaban J connectivity index is 1.94. The second-order valence-electron chi connectivity index (χ2n) is 5.25. The van der Waals surface area contributed by atoms with Crippen LogP contribution in [0.1, 0.15) is 6.92 Å². The summed E-state index contributed by atoms with van der Waals surface area (Å²) in [6.07, 6.45) is 0. The van der Waals surface area contributed by atoms with Gasteiger partial charge in [0.1, 0.15) is 23.9 Å². The lowest BCUT2D eigenvalue weighted by molar-refractivity contribution is -0.116. The van der Waals surface area contributed by atoms with Gasteiger partial charge in [0, 0.05) is 6.54 Å². The molecule has 124 valence electrons. The molecule has 1 amide bonds. The minimum absolute atomic E-state index is 0.333. The number of carbonyl (C=O) groups excluding carboxylic acids is 1. The van der Waals surface area contributed by atoms with E-state index in [0.717, 1.165) is 12.1 Å². The summed E-state index contributed by atoms with van der Waals surface area (Å²) in [4.78, 5) is 24.6. The molecule has 0 saturated carbocycles. The third-order valence-electron chi connectivity index (χ3n) is 3.77. The number of anilines is 1. The molecule has 24 heavy (non-hydrogen) atoms. The van der Waals surface area contributed by atoms with E-state index in [1.165, 1.54) is 15.2 Å². The van der Waals surface area contributed by atoms with Gasteiger partial charge in [-0.25, -0.2) is 13.6 Å². The lowest BCUT2D eigenvalue weighted by Crippen LogP contribution is -2.29. The Hall–Kier alpha value is -2.96. The number of nitrogens with zero attached hydrogens (tertiary/aromatic N) is 2. The monoisotopic (exact) mass is 331 g/mol. The summed E-state index contributed by atoms with van der Waals surface area (Å²) in [5.74, 6) is -2.42. The molecule has 0 aliphatic rings. The van der Waals surface area contributed by atoms with Gasteiger partial charge in [-0.1, -0.05) is 18.2 Å². The average Bonchev–Trinajstić information content (AvgIpc) is 2.83. The molecule has 0 unspecified atom stereocenters. The summed E-state index contributed by atoms with van der Waals surface area (Å²) in [6.45, 7) is 1.95. The quantitative estimate of drug-likeness (QED) is 0.799. The van der Waals surface area contributed by atoms with Crippen molar-refractivity contribution in [2.24, 2.45) is 0 Å². The molecule has 0 saturated heterocycles. The van der Waals surface area contributed by atoms with Crippen molar-refractivity contribution in [2.75, 3.05) is 5.32 Å². The van der Waals surface area contributed by atoms with Crippen molar-refractivity contribution < 1.29 is 13.6 Å². The molecule has 1 N–H and O–H groups in total. The third kappa shape index (κ3) is 2.68. The van der Waals surface area contributed by atoms with E-state index in [9.17, 15) is 18.4 Å². The largest absolute Gasteiger partial charge is 0.329 e. The molecule has 0 fully saturated rings. The lowest BCUT2D eigenvalue weighted by Gasteiger charge is -2.08. The Morgan fingerprint density at radius 1 is 1.00 bits per heavy atom. The van der Waals surface area contributed by atoms with Crippen molar-refractivity contribution >= 4 is 22.6 Å². The summed E-state index contributed by atoms with van der Waals surface area (Å²) in [6, 6.07) is 10.4. The third-order valence-corrected chi connectivity index (χ3v) is 3.77. The van der Waals surface area contributed by atoms with Crippen LogP contribution in [0.25, 0.3) is 11.0 Å². The van der Waals surface area contributed by atoms with E-state index in [2.05, 4.69) is 5.32 Å².